The highest BCUT2D eigenvalue weighted by Gasteiger charge is 2.11. The number of hydrogen-bond donors (Lipinski definition) is 1. The lowest BCUT2D eigenvalue weighted by Crippen LogP contribution is -2.06. The molecule has 0 bridgehead atoms. The van der Waals surface area contributed by atoms with Gasteiger partial charge in [-0.3, -0.25) is 0 Å². The lowest BCUT2D eigenvalue weighted by molar-refractivity contribution is 0.536. The van der Waals surface area contributed by atoms with Gasteiger partial charge in [-0.05, 0) is 36.9 Å². The minimum Gasteiger partial charge on any atom is -0.316 e. The summed E-state index contributed by atoms with van der Waals surface area (Å²) in [6.07, 6.45) is 2.01. The van der Waals surface area contributed by atoms with E-state index in [-0.39, 0.29) is 4.90 Å². The second kappa shape index (κ2) is 6.86. The van der Waals surface area contributed by atoms with E-state index < -0.39 is 11.6 Å². The number of rotatable bonds is 6. The summed E-state index contributed by atoms with van der Waals surface area (Å²) in [5.74, 6) is -0.145. The Morgan fingerprint density at radius 3 is 2.38 bits per heavy atom. The average Bonchev–Trinajstić information content (AvgIpc) is 2.23. The van der Waals surface area contributed by atoms with Crippen LogP contribution >= 0.6 is 11.8 Å². The molecule has 0 spiro atoms. The van der Waals surface area contributed by atoms with E-state index in [2.05, 4.69) is 12.2 Å². The molecular formula is C12H17F2NS. The van der Waals surface area contributed by atoms with Gasteiger partial charge in [-0.1, -0.05) is 13.3 Å². The highest BCUT2D eigenvalue weighted by Crippen LogP contribution is 2.27. The van der Waals surface area contributed by atoms with Crippen molar-refractivity contribution in [2.45, 2.75) is 31.2 Å². The van der Waals surface area contributed by atoms with Crippen molar-refractivity contribution in [1.82, 2.24) is 5.32 Å². The monoisotopic (exact) mass is 245 g/mol. The molecule has 0 amide bonds. The van der Waals surface area contributed by atoms with Gasteiger partial charge in [0.25, 0.3) is 0 Å². The van der Waals surface area contributed by atoms with Gasteiger partial charge in [0.05, 0.1) is 4.90 Å². The first-order valence-corrected chi connectivity index (χ1v) is 6.43. The summed E-state index contributed by atoms with van der Waals surface area (Å²) in [4.78, 5) is 0.147. The van der Waals surface area contributed by atoms with Crippen molar-refractivity contribution in [1.29, 1.82) is 0 Å². The maximum atomic E-state index is 13.6. The largest absolute Gasteiger partial charge is 0.316 e. The van der Waals surface area contributed by atoms with Crippen molar-refractivity contribution in [3.8, 4) is 0 Å². The van der Waals surface area contributed by atoms with Crippen LogP contribution in [0.1, 0.15) is 25.3 Å². The number of hydrogen-bond acceptors (Lipinski definition) is 2. The number of unbranched alkanes of at least 4 members (excludes halogenated alkanes) is 1. The maximum Gasteiger partial charge on any atom is 0.140 e. The molecule has 1 rings (SSSR count). The van der Waals surface area contributed by atoms with Gasteiger partial charge in [0, 0.05) is 6.54 Å². The lowest BCUT2D eigenvalue weighted by atomic mass is 10.2. The Kier molecular flexibility index (Phi) is 5.77. The zero-order valence-corrected chi connectivity index (χ0v) is 10.5. The average molecular weight is 245 g/mol. The topological polar surface area (TPSA) is 12.0 Å². The van der Waals surface area contributed by atoms with Crippen LogP contribution in [0, 0.1) is 11.6 Å². The molecular weight excluding hydrogens is 228 g/mol. The Morgan fingerprint density at radius 1 is 1.25 bits per heavy atom. The normalized spacial score (nSPS) is 10.8. The van der Waals surface area contributed by atoms with Crippen LogP contribution in [0.3, 0.4) is 0 Å². The Balaban J connectivity index is 2.77. The van der Waals surface area contributed by atoms with Crippen LogP contribution < -0.4 is 5.32 Å². The predicted molar refractivity (Wildman–Crippen MR) is 64.8 cm³/mol. The van der Waals surface area contributed by atoms with Gasteiger partial charge in [0.2, 0.25) is 0 Å². The molecule has 0 radical (unpaired) electrons. The quantitative estimate of drug-likeness (QED) is 0.607. The molecule has 0 atom stereocenters. The van der Waals surface area contributed by atoms with Crippen LogP contribution in [-0.4, -0.2) is 12.8 Å². The molecule has 16 heavy (non-hydrogen) atoms. The van der Waals surface area contributed by atoms with E-state index in [0.717, 1.165) is 18.6 Å². The minimum atomic E-state index is -0.452. The molecule has 0 heterocycles. The van der Waals surface area contributed by atoms with E-state index in [1.807, 2.05) is 0 Å². The molecule has 1 aromatic carbocycles. The summed E-state index contributed by atoms with van der Waals surface area (Å²) >= 11 is 1.25. The molecule has 0 unspecified atom stereocenters. The molecule has 90 valence electrons. The molecule has 0 saturated carbocycles. The summed E-state index contributed by atoms with van der Waals surface area (Å²) in [5.41, 5.74) is 0.636. The van der Waals surface area contributed by atoms with Crippen LogP contribution in [-0.2, 0) is 6.54 Å². The van der Waals surface area contributed by atoms with Crippen LogP contribution in [0.15, 0.2) is 17.0 Å². The van der Waals surface area contributed by atoms with Gasteiger partial charge < -0.3 is 5.32 Å². The predicted octanol–water partition coefficient (Wildman–Crippen LogP) is 3.58. The number of benzene rings is 1. The SMILES string of the molecule is CCCCSc1c(F)cc(CNC)cc1F. The molecule has 4 heteroatoms. The smallest absolute Gasteiger partial charge is 0.140 e. The fraction of sp³-hybridized carbons (Fsp3) is 0.500. The summed E-state index contributed by atoms with van der Waals surface area (Å²) in [6.45, 7) is 2.54. The Morgan fingerprint density at radius 2 is 1.88 bits per heavy atom. The first-order chi connectivity index (χ1) is 7.69. The minimum absolute atomic E-state index is 0.147. The van der Waals surface area contributed by atoms with Crippen molar-refractivity contribution >= 4 is 11.8 Å². The standard InChI is InChI=1S/C12H17F2NS/c1-3-4-5-16-12-10(13)6-9(8-15-2)7-11(12)14/h6-7,15H,3-5,8H2,1-2H3. The number of nitrogens with one attached hydrogen (secondary N) is 1. The molecule has 1 nitrogen and oxygen atoms in total. The Labute approximate surface area is 99.6 Å². The van der Waals surface area contributed by atoms with E-state index in [0.29, 0.717) is 12.1 Å². The zero-order chi connectivity index (χ0) is 12.0. The third kappa shape index (κ3) is 3.76. The second-order valence-electron chi connectivity index (χ2n) is 3.62. The fourth-order valence-corrected chi connectivity index (χ4v) is 2.41. The maximum absolute atomic E-state index is 13.6. The summed E-state index contributed by atoms with van der Waals surface area (Å²) < 4.78 is 27.1. The van der Waals surface area contributed by atoms with Crippen molar-refractivity contribution < 1.29 is 8.78 Å². The second-order valence-corrected chi connectivity index (χ2v) is 4.73. The summed E-state index contributed by atoms with van der Waals surface area (Å²) in [7, 11) is 1.75. The van der Waals surface area contributed by atoms with Gasteiger partial charge in [-0.25, -0.2) is 8.78 Å². The Hall–Kier alpha value is -0.610. The van der Waals surface area contributed by atoms with Gasteiger partial charge in [0.15, 0.2) is 0 Å². The van der Waals surface area contributed by atoms with E-state index in [1.165, 1.54) is 23.9 Å². The summed E-state index contributed by atoms with van der Waals surface area (Å²) in [6, 6.07) is 2.79. The van der Waals surface area contributed by atoms with Crippen molar-refractivity contribution in [3.63, 3.8) is 0 Å². The van der Waals surface area contributed by atoms with Crippen molar-refractivity contribution in [3.05, 3.63) is 29.3 Å². The highest BCUT2D eigenvalue weighted by atomic mass is 32.2. The zero-order valence-electron chi connectivity index (χ0n) is 9.65. The van der Waals surface area contributed by atoms with Crippen LogP contribution in [0.5, 0.6) is 0 Å². The first kappa shape index (κ1) is 13.5. The van der Waals surface area contributed by atoms with Crippen LogP contribution in [0.4, 0.5) is 8.78 Å². The van der Waals surface area contributed by atoms with Crippen LogP contribution in [0.2, 0.25) is 0 Å². The molecule has 1 aromatic rings. The lowest BCUT2D eigenvalue weighted by Gasteiger charge is -2.07. The Bertz CT molecular complexity index is 319. The van der Waals surface area contributed by atoms with Gasteiger partial charge in [-0.15, -0.1) is 11.8 Å². The van der Waals surface area contributed by atoms with Crippen LogP contribution in [0.25, 0.3) is 0 Å². The fourth-order valence-electron chi connectivity index (χ4n) is 1.38. The van der Waals surface area contributed by atoms with E-state index in [4.69, 9.17) is 0 Å². The molecule has 0 saturated heterocycles. The molecule has 0 aromatic heterocycles. The first-order valence-electron chi connectivity index (χ1n) is 5.44. The van der Waals surface area contributed by atoms with Gasteiger partial charge in [0.1, 0.15) is 11.6 Å². The van der Waals surface area contributed by atoms with Crippen molar-refractivity contribution in [2.75, 3.05) is 12.8 Å². The highest BCUT2D eigenvalue weighted by molar-refractivity contribution is 7.99. The van der Waals surface area contributed by atoms with E-state index in [1.54, 1.807) is 7.05 Å². The van der Waals surface area contributed by atoms with E-state index in [9.17, 15) is 8.78 Å². The molecule has 0 aliphatic rings. The third-order valence-corrected chi connectivity index (χ3v) is 3.35. The van der Waals surface area contributed by atoms with Gasteiger partial charge >= 0.3 is 0 Å². The molecule has 1 N–H and O–H groups in total. The number of halogens is 2. The number of thioether (sulfide) groups is 1. The third-order valence-electron chi connectivity index (χ3n) is 2.18. The van der Waals surface area contributed by atoms with E-state index >= 15 is 0 Å². The molecule has 0 aliphatic heterocycles. The van der Waals surface area contributed by atoms with Crippen molar-refractivity contribution in [2.24, 2.45) is 0 Å². The van der Waals surface area contributed by atoms with Gasteiger partial charge in [-0.2, -0.15) is 0 Å². The molecule has 0 aliphatic carbocycles. The molecule has 0 fully saturated rings. The summed E-state index contributed by atoms with van der Waals surface area (Å²) in [5, 5.41) is 2.87.